The van der Waals surface area contributed by atoms with Gasteiger partial charge in [0.05, 0.1) is 4.47 Å². The van der Waals surface area contributed by atoms with Crippen LogP contribution in [0.4, 0.5) is 8.78 Å². The van der Waals surface area contributed by atoms with Crippen LogP contribution in [0.1, 0.15) is 0 Å². The summed E-state index contributed by atoms with van der Waals surface area (Å²) < 4.78 is 29.9. The quantitative estimate of drug-likeness (QED) is 0.823. The lowest BCUT2D eigenvalue weighted by molar-refractivity contribution is 0.0815. The highest BCUT2D eigenvalue weighted by molar-refractivity contribution is 9.11. The first-order chi connectivity index (χ1) is 6.09. The van der Waals surface area contributed by atoms with E-state index < -0.39 is 13.0 Å². The summed E-state index contributed by atoms with van der Waals surface area (Å²) in [4.78, 5) is 0. The van der Waals surface area contributed by atoms with E-state index in [2.05, 4.69) is 31.9 Å². The minimum atomic E-state index is -2.45. The zero-order valence-corrected chi connectivity index (χ0v) is 9.61. The van der Waals surface area contributed by atoms with Gasteiger partial charge in [0.25, 0.3) is 6.43 Å². The molecule has 5 heteroatoms. The van der Waals surface area contributed by atoms with Crippen molar-refractivity contribution in [3.63, 3.8) is 0 Å². The first kappa shape index (κ1) is 10.9. The third-order valence-electron chi connectivity index (χ3n) is 1.26. The number of halogens is 4. The summed E-state index contributed by atoms with van der Waals surface area (Å²) >= 11 is 6.44. The molecular formula is C8H6Br2F2O. The monoisotopic (exact) mass is 314 g/mol. The third kappa shape index (κ3) is 3.60. The van der Waals surface area contributed by atoms with Gasteiger partial charge in [0.15, 0.2) is 0 Å². The van der Waals surface area contributed by atoms with E-state index in [4.69, 9.17) is 4.74 Å². The Labute approximate surface area is 91.3 Å². The number of hydrogen-bond acceptors (Lipinski definition) is 1. The molecule has 13 heavy (non-hydrogen) atoms. The summed E-state index contributed by atoms with van der Waals surface area (Å²) in [5.74, 6) is 0.420. The van der Waals surface area contributed by atoms with Crippen LogP contribution in [0.15, 0.2) is 27.1 Å². The van der Waals surface area contributed by atoms with Gasteiger partial charge in [-0.25, -0.2) is 8.78 Å². The molecule has 0 atom stereocenters. The maximum atomic E-state index is 11.8. The van der Waals surface area contributed by atoms with Gasteiger partial charge in [-0.1, -0.05) is 15.9 Å². The Balaban J connectivity index is 2.67. The van der Waals surface area contributed by atoms with Crippen molar-refractivity contribution >= 4 is 31.9 Å². The minimum absolute atomic E-state index is 0.420. The van der Waals surface area contributed by atoms with Crippen LogP contribution in [-0.4, -0.2) is 13.0 Å². The molecule has 0 unspecified atom stereocenters. The molecule has 72 valence electrons. The van der Waals surface area contributed by atoms with Gasteiger partial charge in [-0.3, -0.25) is 0 Å². The van der Waals surface area contributed by atoms with Gasteiger partial charge >= 0.3 is 0 Å². The molecule has 0 fully saturated rings. The zero-order chi connectivity index (χ0) is 9.84. The standard InChI is InChI=1S/C8H6Br2F2O/c9-5-1-2-7(6(10)3-5)13-4-8(11)12/h1-3,8H,4H2. The number of hydrogen-bond donors (Lipinski definition) is 0. The fourth-order valence-electron chi connectivity index (χ4n) is 0.745. The maximum absolute atomic E-state index is 11.8. The number of alkyl halides is 2. The largest absolute Gasteiger partial charge is 0.486 e. The van der Waals surface area contributed by atoms with Gasteiger partial charge in [-0.2, -0.15) is 0 Å². The number of benzene rings is 1. The summed E-state index contributed by atoms with van der Waals surface area (Å²) in [7, 11) is 0. The molecule has 0 N–H and O–H groups in total. The molecule has 1 aromatic rings. The molecule has 0 bridgehead atoms. The lowest BCUT2D eigenvalue weighted by Crippen LogP contribution is -2.07. The lowest BCUT2D eigenvalue weighted by Gasteiger charge is -2.07. The molecule has 0 aliphatic carbocycles. The summed E-state index contributed by atoms with van der Waals surface area (Å²) in [6, 6.07) is 5.09. The third-order valence-corrected chi connectivity index (χ3v) is 2.37. The lowest BCUT2D eigenvalue weighted by atomic mass is 10.3. The zero-order valence-electron chi connectivity index (χ0n) is 6.44. The second kappa shape index (κ2) is 4.91. The molecule has 0 amide bonds. The molecule has 0 aliphatic rings. The Kier molecular flexibility index (Phi) is 4.12. The Morgan fingerprint density at radius 2 is 2.00 bits per heavy atom. The van der Waals surface area contributed by atoms with Crippen LogP contribution in [0.2, 0.25) is 0 Å². The SMILES string of the molecule is FC(F)COc1ccc(Br)cc1Br. The van der Waals surface area contributed by atoms with Crippen molar-refractivity contribution in [2.75, 3.05) is 6.61 Å². The van der Waals surface area contributed by atoms with Crippen LogP contribution in [0.25, 0.3) is 0 Å². The van der Waals surface area contributed by atoms with Crippen molar-refractivity contribution in [2.45, 2.75) is 6.43 Å². The smallest absolute Gasteiger partial charge is 0.272 e. The van der Waals surface area contributed by atoms with E-state index in [9.17, 15) is 8.78 Å². The number of rotatable bonds is 3. The Morgan fingerprint density at radius 1 is 1.31 bits per heavy atom. The van der Waals surface area contributed by atoms with Crippen LogP contribution in [0.3, 0.4) is 0 Å². The summed E-state index contributed by atoms with van der Waals surface area (Å²) in [6.07, 6.45) is -2.45. The average molecular weight is 316 g/mol. The number of ether oxygens (including phenoxy) is 1. The molecule has 0 saturated heterocycles. The van der Waals surface area contributed by atoms with E-state index in [1.165, 1.54) is 0 Å². The molecule has 1 nitrogen and oxygen atoms in total. The van der Waals surface area contributed by atoms with E-state index in [1.807, 2.05) is 0 Å². The second-order valence-electron chi connectivity index (χ2n) is 2.28. The highest BCUT2D eigenvalue weighted by Crippen LogP contribution is 2.28. The van der Waals surface area contributed by atoms with Crippen molar-refractivity contribution in [3.05, 3.63) is 27.1 Å². The van der Waals surface area contributed by atoms with Gasteiger partial charge in [-0.15, -0.1) is 0 Å². The van der Waals surface area contributed by atoms with Crippen molar-refractivity contribution < 1.29 is 13.5 Å². The van der Waals surface area contributed by atoms with Crippen molar-refractivity contribution in [1.82, 2.24) is 0 Å². The first-order valence-corrected chi connectivity index (χ1v) is 5.04. The fraction of sp³-hybridized carbons (Fsp3) is 0.250. The summed E-state index contributed by atoms with van der Waals surface area (Å²) in [5, 5.41) is 0. The van der Waals surface area contributed by atoms with E-state index in [1.54, 1.807) is 18.2 Å². The Bertz CT molecular complexity index is 291. The van der Waals surface area contributed by atoms with E-state index in [0.29, 0.717) is 10.2 Å². The minimum Gasteiger partial charge on any atom is -0.486 e. The Morgan fingerprint density at radius 3 is 2.54 bits per heavy atom. The maximum Gasteiger partial charge on any atom is 0.272 e. The highest BCUT2D eigenvalue weighted by Gasteiger charge is 2.06. The normalized spacial score (nSPS) is 10.5. The Hall–Kier alpha value is -0.160. The van der Waals surface area contributed by atoms with Crippen LogP contribution in [-0.2, 0) is 0 Å². The van der Waals surface area contributed by atoms with E-state index in [-0.39, 0.29) is 0 Å². The summed E-state index contributed by atoms with van der Waals surface area (Å²) in [5.41, 5.74) is 0. The van der Waals surface area contributed by atoms with Crippen molar-refractivity contribution in [1.29, 1.82) is 0 Å². The van der Waals surface area contributed by atoms with Crippen LogP contribution >= 0.6 is 31.9 Å². The molecule has 0 radical (unpaired) electrons. The first-order valence-electron chi connectivity index (χ1n) is 3.45. The summed E-state index contributed by atoms with van der Waals surface area (Å²) in [6.45, 7) is -0.583. The molecule has 0 spiro atoms. The van der Waals surface area contributed by atoms with Crippen LogP contribution in [0.5, 0.6) is 5.75 Å². The molecule has 1 aromatic carbocycles. The van der Waals surface area contributed by atoms with E-state index in [0.717, 1.165) is 4.47 Å². The van der Waals surface area contributed by atoms with Gasteiger partial charge in [-0.05, 0) is 34.1 Å². The van der Waals surface area contributed by atoms with Crippen molar-refractivity contribution in [3.8, 4) is 5.75 Å². The highest BCUT2D eigenvalue weighted by atomic mass is 79.9. The molecular weight excluding hydrogens is 310 g/mol. The van der Waals surface area contributed by atoms with Crippen molar-refractivity contribution in [2.24, 2.45) is 0 Å². The van der Waals surface area contributed by atoms with Gasteiger partial charge in [0.1, 0.15) is 12.4 Å². The predicted octanol–water partition coefficient (Wildman–Crippen LogP) is 3.86. The van der Waals surface area contributed by atoms with Gasteiger partial charge in [0, 0.05) is 4.47 Å². The second-order valence-corrected chi connectivity index (χ2v) is 4.05. The van der Waals surface area contributed by atoms with Crippen LogP contribution < -0.4 is 4.74 Å². The topological polar surface area (TPSA) is 9.23 Å². The van der Waals surface area contributed by atoms with E-state index >= 15 is 0 Å². The molecule has 0 aliphatic heterocycles. The van der Waals surface area contributed by atoms with Gasteiger partial charge < -0.3 is 4.74 Å². The molecule has 1 rings (SSSR count). The van der Waals surface area contributed by atoms with Gasteiger partial charge in [0.2, 0.25) is 0 Å². The molecule has 0 heterocycles. The van der Waals surface area contributed by atoms with Crippen LogP contribution in [0, 0.1) is 0 Å². The average Bonchev–Trinajstić information content (AvgIpc) is 2.02. The predicted molar refractivity (Wildman–Crippen MR) is 53.3 cm³/mol. The molecule has 0 saturated carbocycles. The fourth-order valence-corrected chi connectivity index (χ4v) is 1.91. The molecule has 0 aromatic heterocycles.